The van der Waals surface area contributed by atoms with E-state index in [2.05, 4.69) is 337 Å². The molecule has 0 radical (unpaired) electrons. The fourth-order valence-electron chi connectivity index (χ4n) is 13.1. The summed E-state index contributed by atoms with van der Waals surface area (Å²) in [6, 6.07) is 121. The van der Waals surface area contributed by atoms with Crippen LogP contribution in [0.15, 0.2) is 328 Å². The highest BCUT2D eigenvalue weighted by molar-refractivity contribution is 5.98. The first-order chi connectivity index (χ1) is 40.2. The lowest BCUT2D eigenvalue weighted by Gasteiger charge is -2.32. The van der Waals surface area contributed by atoms with Crippen molar-refractivity contribution in [1.82, 2.24) is 0 Å². The van der Waals surface area contributed by atoms with Crippen LogP contribution in [0.2, 0.25) is 0 Å². The number of hydrogen-bond donors (Lipinski definition) is 0. The van der Waals surface area contributed by atoms with Gasteiger partial charge in [0.2, 0.25) is 0 Å². The van der Waals surface area contributed by atoms with Gasteiger partial charge in [0.25, 0.3) is 0 Å². The minimum Gasteiger partial charge on any atom is -0.310 e. The zero-order chi connectivity index (χ0) is 53.7. The number of rotatable bonds is 11. The van der Waals surface area contributed by atoms with Crippen LogP contribution in [-0.2, 0) is 5.41 Å². The molecule has 15 rings (SSSR count). The predicted molar refractivity (Wildman–Crippen MR) is 339 cm³/mol. The number of nitrogens with zero attached hydrogens (tertiary/aromatic N) is 2. The molecule has 380 valence electrons. The van der Waals surface area contributed by atoms with Gasteiger partial charge in [-0.3, -0.25) is 0 Å². The average Bonchev–Trinajstić information content (AvgIpc) is 4.15. The first kappa shape index (κ1) is 47.7. The van der Waals surface area contributed by atoms with Crippen LogP contribution in [0.5, 0.6) is 0 Å². The van der Waals surface area contributed by atoms with Crippen molar-refractivity contribution in [3.63, 3.8) is 0 Å². The molecule has 2 aliphatic carbocycles. The quantitative estimate of drug-likeness (QED) is 0.127. The highest BCUT2D eigenvalue weighted by Gasteiger charge is 2.51. The zero-order valence-electron chi connectivity index (χ0n) is 44.6. The van der Waals surface area contributed by atoms with Crippen LogP contribution >= 0.6 is 0 Å². The Labute approximate surface area is 474 Å². The van der Waals surface area contributed by atoms with Crippen LogP contribution < -0.4 is 9.80 Å². The van der Waals surface area contributed by atoms with Gasteiger partial charge in [-0.1, -0.05) is 267 Å². The molecule has 0 saturated heterocycles. The minimum atomic E-state index is -0.446. The van der Waals surface area contributed by atoms with E-state index in [-0.39, 0.29) is 0 Å². The molecule has 13 aromatic carbocycles. The Balaban J connectivity index is 1.00. The van der Waals surface area contributed by atoms with E-state index in [4.69, 9.17) is 0 Å². The molecule has 2 aliphatic rings. The molecular weight excluding hydrogens is 977 g/mol. The second kappa shape index (κ2) is 20.0. The summed E-state index contributed by atoms with van der Waals surface area (Å²) in [5, 5.41) is 0. The van der Waals surface area contributed by atoms with Gasteiger partial charge < -0.3 is 9.80 Å². The number of benzene rings is 13. The second-order valence-electron chi connectivity index (χ2n) is 21.1. The lowest BCUT2D eigenvalue weighted by molar-refractivity contribution is 0.794. The second-order valence-corrected chi connectivity index (χ2v) is 21.1. The molecule has 0 heterocycles. The summed E-state index contributed by atoms with van der Waals surface area (Å²) in [5.41, 5.74) is 27.8. The Bertz CT molecular complexity index is 4200. The van der Waals surface area contributed by atoms with Gasteiger partial charge in [-0.05, 0) is 150 Å². The summed E-state index contributed by atoms with van der Waals surface area (Å²) >= 11 is 0. The third-order valence-corrected chi connectivity index (χ3v) is 16.7. The van der Waals surface area contributed by atoms with E-state index in [9.17, 15) is 0 Å². The lowest BCUT2D eigenvalue weighted by Crippen LogP contribution is -2.25. The van der Waals surface area contributed by atoms with Crippen molar-refractivity contribution >= 4 is 34.1 Å². The first-order valence-electron chi connectivity index (χ1n) is 28.0. The largest absolute Gasteiger partial charge is 0.310 e. The van der Waals surface area contributed by atoms with E-state index >= 15 is 0 Å². The SMILES string of the molecule is c1ccc(-c2ccc(N(c3cc(-c4ccc5c(c4)-c4ccccc4C54c5ccccc5-c5ccccc54)cc(N(c4ccc(-c5ccccc5)cc4)c4ccccc4-c4ccccc4)c3)c3ccccc3-c3ccccc3)cc2)cc1. The lowest BCUT2D eigenvalue weighted by atomic mass is 9.70. The Morgan fingerprint density at radius 1 is 0.173 bits per heavy atom. The van der Waals surface area contributed by atoms with Crippen LogP contribution in [0.3, 0.4) is 0 Å². The molecule has 0 unspecified atom stereocenters. The molecule has 13 aromatic rings. The molecule has 2 nitrogen and oxygen atoms in total. The van der Waals surface area contributed by atoms with Crippen molar-refractivity contribution in [2.45, 2.75) is 5.41 Å². The summed E-state index contributed by atoms with van der Waals surface area (Å²) in [6.45, 7) is 0. The average molecular weight is 1030 g/mol. The first-order valence-corrected chi connectivity index (χ1v) is 28.0. The Morgan fingerprint density at radius 2 is 0.481 bits per heavy atom. The topological polar surface area (TPSA) is 6.48 Å². The normalized spacial score (nSPS) is 12.3. The maximum atomic E-state index is 2.48. The van der Waals surface area contributed by atoms with Gasteiger partial charge in [-0.25, -0.2) is 0 Å². The zero-order valence-corrected chi connectivity index (χ0v) is 44.6. The van der Waals surface area contributed by atoms with Crippen LogP contribution in [0.25, 0.3) is 77.9 Å². The highest BCUT2D eigenvalue weighted by atomic mass is 15.2. The van der Waals surface area contributed by atoms with E-state index in [0.717, 1.165) is 78.6 Å². The predicted octanol–water partition coefficient (Wildman–Crippen LogP) is 21.3. The molecular formula is C79H54N2. The monoisotopic (exact) mass is 1030 g/mol. The van der Waals surface area contributed by atoms with Gasteiger partial charge in [-0.2, -0.15) is 0 Å². The summed E-state index contributed by atoms with van der Waals surface area (Å²) in [6.07, 6.45) is 0. The third-order valence-electron chi connectivity index (χ3n) is 16.7. The molecule has 0 atom stereocenters. The molecule has 81 heavy (non-hydrogen) atoms. The third kappa shape index (κ3) is 8.11. The summed E-state index contributed by atoms with van der Waals surface area (Å²) < 4.78 is 0. The van der Waals surface area contributed by atoms with Gasteiger partial charge in [0.05, 0.1) is 16.8 Å². The smallest absolute Gasteiger partial charge is 0.0725 e. The van der Waals surface area contributed by atoms with Crippen molar-refractivity contribution < 1.29 is 0 Å². The summed E-state index contributed by atoms with van der Waals surface area (Å²) in [7, 11) is 0. The summed E-state index contributed by atoms with van der Waals surface area (Å²) in [4.78, 5) is 4.93. The van der Waals surface area contributed by atoms with Crippen LogP contribution in [-0.4, -0.2) is 0 Å². The molecule has 2 heteroatoms. The Hall–Kier alpha value is -10.5. The minimum absolute atomic E-state index is 0.446. The van der Waals surface area contributed by atoms with Gasteiger partial charge in [0.1, 0.15) is 0 Å². The molecule has 0 bridgehead atoms. The molecule has 1 spiro atoms. The number of fused-ring (bicyclic) bond motifs is 10. The van der Waals surface area contributed by atoms with E-state index in [1.54, 1.807) is 0 Å². The van der Waals surface area contributed by atoms with Gasteiger partial charge in [0.15, 0.2) is 0 Å². The maximum Gasteiger partial charge on any atom is 0.0725 e. The highest BCUT2D eigenvalue weighted by Crippen LogP contribution is 2.63. The maximum absolute atomic E-state index is 2.48. The molecule has 0 fully saturated rings. The van der Waals surface area contributed by atoms with Gasteiger partial charge >= 0.3 is 0 Å². The molecule has 0 aliphatic heterocycles. The van der Waals surface area contributed by atoms with Crippen LogP contribution in [0.1, 0.15) is 22.3 Å². The van der Waals surface area contributed by atoms with Crippen molar-refractivity contribution in [3.05, 3.63) is 350 Å². The molecule has 0 amide bonds. The van der Waals surface area contributed by atoms with Gasteiger partial charge in [0, 0.05) is 33.9 Å². The van der Waals surface area contributed by atoms with Crippen molar-refractivity contribution in [3.8, 4) is 77.9 Å². The molecule has 0 aromatic heterocycles. The van der Waals surface area contributed by atoms with Crippen LogP contribution in [0, 0.1) is 0 Å². The summed E-state index contributed by atoms with van der Waals surface area (Å²) in [5.74, 6) is 0. The van der Waals surface area contributed by atoms with Crippen molar-refractivity contribution in [1.29, 1.82) is 0 Å². The number of para-hydroxylation sites is 2. The van der Waals surface area contributed by atoms with E-state index in [1.807, 2.05) is 0 Å². The van der Waals surface area contributed by atoms with Gasteiger partial charge in [-0.15, -0.1) is 0 Å². The fourth-order valence-corrected chi connectivity index (χ4v) is 13.1. The molecule has 0 saturated carbocycles. The fraction of sp³-hybridized carbons (Fsp3) is 0.0127. The van der Waals surface area contributed by atoms with Crippen molar-refractivity contribution in [2.24, 2.45) is 0 Å². The van der Waals surface area contributed by atoms with Crippen molar-refractivity contribution in [2.75, 3.05) is 9.80 Å². The number of anilines is 6. The Kier molecular flexibility index (Phi) is 11.8. The van der Waals surface area contributed by atoms with E-state index in [0.29, 0.717) is 0 Å². The van der Waals surface area contributed by atoms with E-state index in [1.165, 1.54) is 55.6 Å². The van der Waals surface area contributed by atoms with Crippen LogP contribution in [0.4, 0.5) is 34.1 Å². The molecule has 0 N–H and O–H groups in total. The van der Waals surface area contributed by atoms with E-state index < -0.39 is 5.41 Å². The Morgan fingerprint density at radius 3 is 0.901 bits per heavy atom. The standard InChI is InChI=1S/C79H54N2/c1-5-23-55(24-6-1)57-41-46-63(47-42-57)80(77-39-21-16-31-67(77)59-27-9-3-10-28-59)65-51-62(61-45-50-76-72(53-61)71-35-15-20-38-75(71)79(76)73-36-18-13-33-69(73)70-34-14-19-37-74(70)79)52-66(54-65)81(64-48-43-58(44-49-64)56-25-7-2-8-26-56)78-40-22-17-32-68(78)60-29-11-4-12-30-60/h1-54H. The number of hydrogen-bond acceptors (Lipinski definition) is 2.